The van der Waals surface area contributed by atoms with Crippen molar-refractivity contribution in [3.8, 4) is 0 Å². The van der Waals surface area contributed by atoms with Gasteiger partial charge in [0.25, 0.3) is 0 Å². The number of nitrogens with zero attached hydrogens (tertiary/aromatic N) is 2. The molecular formula is C18H25N3. The number of anilines is 1. The maximum atomic E-state index is 4.60. The van der Waals surface area contributed by atoms with Gasteiger partial charge < -0.3 is 10.2 Å². The molecule has 1 aliphatic heterocycles. The van der Waals surface area contributed by atoms with Gasteiger partial charge in [0.2, 0.25) is 0 Å². The summed E-state index contributed by atoms with van der Waals surface area (Å²) in [5, 5.41) is 4.85. The number of aromatic nitrogens is 1. The fraction of sp³-hybridized carbons (Fsp3) is 0.500. The van der Waals surface area contributed by atoms with Crippen LogP contribution in [0.4, 0.5) is 5.69 Å². The highest BCUT2D eigenvalue weighted by atomic mass is 15.1. The van der Waals surface area contributed by atoms with Crippen LogP contribution in [0.3, 0.4) is 0 Å². The molecule has 0 radical (unpaired) electrons. The molecule has 0 spiro atoms. The third kappa shape index (κ3) is 3.53. The van der Waals surface area contributed by atoms with Crippen LogP contribution in [0, 0.1) is 12.8 Å². The lowest BCUT2D eigenvalue weighted by atomic mass is 10.1. The lowest BCUT2D eigenvalue weighted by Crippen LogP contribution is -2.28. The lowest BCUT2D eigenvalue weighted by Gasteiger charge is -2.21. The first kappa shape index (κ1) is 14.3. The summed E-state index contributed by atoms with van der Waals surface area (Å²) in [4.78, 5) is 7.18. The maximum Gasteiger partial charge on any atom is 0.0725 e. The third-order valence-electron chi connectivity index (χ3n) is 4.25. The van der Waals surface area contributed by atoms with Gasteiger partial charge >= 0.3 is 0 Å². The standard InChI is InChI=1S/C18H25N3/c1-14(13-21-9-5-6-10-21)12-19-18-11-15(2)20-17-8-4-3-7-16(17)18/h3-4,7-8,11,14H,5-6,9-10,12-13H2,1-2H3,(H,19,20). The van der Waals surface area contributed by atoms with Crippen LogP contribution >= 0.6 is 0 Å². The molecule has 0 amide bonds. The van der Waals surface area contributed by atoms with E-state index in [4.69, 9.17) is 0 Å². The molecule has 2 heterocycles. The first-order chi connectivity index (χ1) is 10.2. The summed E-state index contributed by atoms with van der Waals surface area (Å²) in [6, 6.07) is 10.5. The van der Waals surface area contributed by atoms with Crippen molar-refractivity contribution in [1.82, 2.24) is 9.88 Å². The number of nitrogens with one attached hydrogen (secondary N) is 1. The average Bonchev–Trinajstić information content (AvgIpc) is 2.97. The van der Waals surface area contributed by atoms with E-state index in [1.54, 1.807) is 0 Å². The van der Waals surface area contributed by atoms with Crippen molar-refractivity contribution >= 4 is 16.6 Å². The van der Waals surface area contributed by atoms with Gasteiger partial charge in [0.15, 0.2) is 0 Å². The molecule has 0 saturated carbocycles. The molecule has 1 aliphatic rings. The van der Waals surface area contributed by atoms with Crippen LogP contribution in [0.5, 0.6) is 0 Å². The number of hydrogen-bond acceptors (Lipinski definition) is 3. The van der Waals surface area contributed by atoms with Crippen molar-refractivity contribution in [2.75, 3.05) is 31.5 Å². The lowest BCUT2D eigenvalue weighted by molar-refractivity contribution is 0.294. The maximum absolute atomic E-state index is 4.60. The molecule has 3 rings (SSSR count). The van der Waals surface area contributed by atoms with Gasteiger partial charge in [-0.25, -0.2) is 0 Å². The highest BCUT2D eigenvalue weighted by Crippen LogP contribution is 2.23. The number of likely N-dealkylation sites (tertiary alicyclic amines) is 1. The highest BCUT2D eigenvalue weighted by molar-refractivity contribution is 5.91. The first-order valence-corrected chi connectivity index (χ1v) is 8.05. The van der Waals surface area contributed by atoms with E-state index in [0.29, 0.717) is 5.92 Å². The molecule has 1 saturated heterocycles. The van der Waals surface area contributed by atoms with Crippen LogP contribution in [0.2, 0.25) is 0 Å². The van der Waals surface area contributed by atoms with Crippen molar-refractivity contribution in [1.29, 1.82) is 0 Å². The molecule has 1 atom stereocenters. The SMILES string of the molecule is Cc1cc(NCC(C)CN2CCCC2)c2ccccc2n1. The Morgan fingerprint density at radius 1 is 1.24 bits per heavy atom. The summed E-state index contributed by atoms with van der Waals surface area (Å²) < 4.78 is 0. The fourth-order valence-corrected chi connectivity index (χ4v) is 3.21. The topological polar surface area (TPSA) is 28.2 Å². The largest absolute Gasteiger partial charge is 0.384 e. The van der Waals surface area contributed by atoms with E-state index < -0.39 is 0 Å². The number of aryl methyl sites for hydroxylation is 1. The van der Waals surface area contributed by atoms with E-state index in [9.17, 15) is 0 Å². The monoisotopic (exact) mass is 283 g/mol. The van der Waals surface area contributed by atoms with Crippen LogP contribution in [0.1, 0.15) is 25.5 Å². The minimum Gasteiger partial charge on any atom is -0.384 e. The number of para-hydroxylation sites is 1. The Morgan fingerprint density at radius 2 is 2.00 bits per heavy atom. The van der Waals surface area contributed by atoms with E-state index in [2.05, 4.69) is 59.4 Å². The molecule has 0 bridgehead atoms. The van der Waals surface area contributed by atoms with Crippen molar-refractivity contribution in [2.45, 2.75) is 26.7 Å². The minimum atomic E-state index is 0.662. The normalized spacial score (nSPS) is 17.2. The molecule has 1 aromatic heterocycles. The number of hydrogen-bond donors (Lipinski definition) is 1. The van der Waals surface area contributed by atoms with E-state index in [1.165, 1.54) is 43.5 Å². The first-order valence-electron chi connectivity index (χ1n) is 8.05. The zero-order chi connectivity index (χ0) is 14.7. The second-order valence-electron chi connectivity index (χ2n) is 6.32. The van der Waals surface area contributed by atoms with Crippen LogP contribution in [-0.2, 0) is 0 Å². The minimum absolute atomic E-state index is 0.662. The molecule has 21 heavy (non-hydrogen) atoms. The highest BCUT2D eigenvalue weighted by Gasteiger charge is 2.14. The van der Waals surface area contributed by atoms with E-state index in [0.717, 1.165) is 17.8 Å². The van der Waals surface area contributed by atoms with E-state index in [1.807, 2.05) is 0 Å². The second-order valence-corrected chi connectivity index (χ2v) is 6.32. The Hall–Kier alpha value is -1.61. The van der Waals surface area contributed by atoms with Gasteiger partial charge in [-0.1, -0.05) is 25.1 Å². The van der Waals surface area contributed by atoms with E-state index >= 15 is 0 Å². The molecule has 3 nitrogen and oxygen atoms in total. The Morgan fingerprint density at radius 3 is 2.81 bits per heavy atom. The molecule has 1 fully saturated rings. The fourth-order valence-electron chi connectivity index (χ4n) is 3.21. The van der Waals surface area contributed by atoms with Gasteiger partial charge in [-0.05, 0) is 50.9 Å². The predicted octanol–water partition coefficient (Wildman–Crippen LogP) is 3.69. The Labute approximate surface area is 127 Å². The van der Waals surface area contributed by atoms with Crippen molar-refractivity contribution in [2.24, 2.45) is 5.92 Å². The third-order valence-corrected chi connectivity index (χ3v) is 4.25. The Bertz CT molecular complexity index is 602. The summed E-state index contributed by atoms with van der Waals surface area (Å²) in [6.07, 6.45) is 2.74. The smallest absolute Gasteiger partial charge is 0.0725 e. The van der Waals surface area contributed by atoms with Crippen LogP contribution in [0.15, 0.2) is 30.3 Å². The van der Waals surface area contributed by atoms with Gasteiger partial charge in [-0.2, -0.15) is 0 Å². The van der Waals surface area contributed by atoms with Gasteiger partial charge in [0, 0.05) is 29.9 Å². The average molecular weight is 283 g/mol. The summed E-state index contributed by atoms with van der Waals surface area (Å²) in [6.45, 7) is 9.18. The number of pyridine rings is 1. The summed E-state index contributed by atoms with van der Waals surface area (Å²) >= 11 is 0. The van der Waals surface area contributed by atoms with Gasteiger partial charge in [0.05, 0.1) is 5.52 Å². The summed E-state index contributed by atoms with van der Waals surface area (Å²) in [5.74, 6) is 0.662. The Kier molecular flexibility index (Phi) is 4.39. The van der Waals surface area contributed by atoms with Crippen LogP contribution < -0.4 is 5.32 Å². The van der Waals surface area contributed by atoms with Crippen molar-refractivity contribution in [3.05, 3.63) is 36.0 Å². The Balaban J connectivity index is 1.67. The second kappa shape index (κ2) is 6.44. The van der Waals surface area contributed by atoms with Gasteiger partial charge in [-0.15, -0.1) is 0 Å². The molecule has 2 aromatic rings. The van der Waals surface area contributed by atoms with Crippen molar-refractivity contribution in [3.63, 3.8) is 0 Å². The molecular weight excluding hydrogens is 258 g/mol. The summed E-state index contributed by atoms with van der Waals surface area (Å²) in [5.41, 5.74) is 3.36. The quantitative estimate of drug-likeness (QED) is 0.907. The molecule has 0 aliphatic carbocycles. The van der Waals surface area contributed by atoms with Crippen LogP contribution in [0.25, 0.3) is 10.9 Å². The zero-order valence-electron chi connectivity index (χ0n) is 13.1. The summed E-state index contributed by atoms with van der Waals surface area (Å²) in [7, 11) is 0. The molecule has 3 heteroatoms. The molecule has 1 N–H and O–H groups in total. The van der Waals surface area contributed by atoms with E-state index in [-0.39, 0.29) is 0 Å². The molecule has 112 valence electrons. The number of fused-ring (bicyclic) bond motifs is 1. The molecule has 1 aromatic carbocycles. The number of rotatable bonds is 5. The van der Waals surface area contributed by atoms with Gasteiger partial charge in [-0.3, -0.25) is 4.98 Å². The predicted molar refractivity (Wildman–Crippen MR) is 89.8 cm³/mol. The van der Waals surface area contributed by atoms with Gasteiger partial charge in [0.1, 0.15) is 0 Å². The molecule has 1 unspecified atom stereocenters. The van der Waals surface area contributed by atoms with Crippen molar-refractivity contribution < 1.29 is 0 Å². The zero-order valence-corrected chi connectivity index (χ0v) is 13.1. The van der Waals surface area contributed by atoms with Crippen LogP contribution in [-0.4, -0.2) is 36.1 Å². The number of benzene rings is 1.